The summed E-state index contributed by atoms with van der Waals surface area (Å²) >= 11 is 0. The third-order valence-electron chi connectivity index (χ3n) is 17.0. The van der Waals surface area contributed by atoms with Gasteiger partial charge >= 0.3 is 0 Å². The van der Waals surface area contributed by atoms with Gasteiger partial charge in [0, 0.05) is 72.6 Å². The molecule has 0 saturated heterocycles. The van der Waals surface area contributed by atoms with Gasteiger partial charge in [0.2, 0.25) is 0 Å². The summed E-state index contributed by atoms with van der Waals surface area (Å²) in [6.07, 6.45) is 1.96. The summed E-state index contributed by atoms with van der Waals surface area (Å²) in [5.41, 5.74) is 18.2. The molecule has 1 atom stereocenters. The van der Waals surface area contributed by atoms with Gasteiger partial charge < -0.3 is 19.4 Å². The number of pyridine rings is 1. The van der Waals surface area contributed by atoms with Gasteiger partial charge in [-0.1, -0.05) is 245 Å². The van der Waals surface area contributed by atoms with Crippen molar-refractivity contribution in [2.45, 2.75) is 105 Å². The molecule has 0 bridgehead atoms. The number of fused-ring (bicyclic) bond motifs is 6. The Morgan fingerprint density at radius 3 is 1.67 bits per heavy atom. The van der Waals surface area contributed by atoms with Crippen molar-refractivity contribution in [3.8, 4) is 44.9 Å². The second kappa shape index (κ2) is 20.5. The van der Waals surface area contributed by atoms with E-state index >= 15 is 0 Å². The Morgan fingerprint density at radius 1 is 0.434 bits per heavy atom. The van der Waals surface area contributed by atoms with E-state index in [1.54, 1.807) is 0 Å². The Labute approximate surface area is 508 Å². The van der Waals surface area contributed by atoms with E-state index in [1.165, 1.54) is 70.8 Å². The molecule has 1 unspecified atom stereocenters. The van der Waals surface area contributed by atoms with Gasteiger partial charge in [-0.3, -0.25) is 0 Å². The Bertz CT molecular complexity index is 4110. The number of anilines is 7. The smallest absolute Gasteiger partial charge is 0.135 e. The molecule has 7 heteroatoms. The SMILES string of the molecule is CC(C)(C)c1cccc(-c2cccc(-c3cc(C(C)(C)C)cc(C(C)(C)C)c3)c2N2[CH-]N(c3[c-]c(Oc4[c-]c5c6c(c4)-c4ccccc4[Si]6(c4ccccc4)c4ccccc4N5c4cc(C(C)(C)C)ccn4)ccc3)c3ccccc32)c1.[Pt]. The first-order valence-electron chi connectivity index (χ1n) is 28.9. The van der Waals surface area contributed by atoms with Crippen molar-refractivity contribution in [3.05, 3.63) is 247 Å². The van der Waals surface area contributed by atoms with Crippen molar-refractivity contribution in [1.29, 1.82) is 0 Å². The number of para-hydroxylation sites is 4. The molecule has 3 aliphatic rings. The number of hydrogen-bond donors (Lipinski definition) is 0. The molecular formula is C76H71N4OPtSi-3. The summed E-state index contributed by atoms with van der Waals surface area (Å²) in [7, 11) is -2.90. The van der Waals surface area contributed by atoms with E-state index in [9.17, 15) is 0 Å². The van der Waals surface area contributed by atoms with E-state index in [2.05, 4.69) is 311 Å². The van der Waals surface area contributed by atoms with Crippen LogP contribution in [0.1, 0.15) is 105 Å². The Morgan fingerprint density at radius 2 is 0.988 bits per heavy atom. The quantitative estimate of drug-likeness (QED) is 0.112. The zero-order chi connectivity index (χ0) is 57.1. The van der Waals surface area contributed by atoms with Crippen molar-refractivity contribution in [2.75, 3.05) is 14.7 Å². The van der Waals surface area contributed by atoms with Crippen LogP contribution in [-0.4, -0.2) is 13.1 Å². The molecule has 1 aromatic heterocycles. The van der Waals surface area contributed by atoms with Gasteiger partial charge in [0.1, 0.15) is 13.9 Å². The van der Waals surface area contributed by atoms with Crippen molar-refractivity contribution in [3.63, 3.8) is 0 Å². The molecule has 0 spiro atoms. The Hall–Kier alpha value is -7.76. The number of hydrogen-bond acceptors (Lipinski definition) is 5. The maximum atomic E-state index is 7.18. The number of benzene rings is 9. The van der Waals surface area contributed by atoms with E-state index in [4.69, 9.17) is 9.72 Å². The second-order valence-electron chi connectivity index (χ2n) is 26.6. The van der Waals surface area contributed by atoms with Gasteiger partial charge in [0.25, 0.3) is 0 Å². The molecule has 0 amide bonds. The van der Waals surface area contributed by atoms with Crippen LogP contribution in [0, 0.1) is 18.8 Å². The number of nitrogens with zero attached hydrogens (tertiary/aromatic N) is 4. The first-order chi connectivity index (χ1) is 39.2. The van der Waals surface area contributed by atoms with E-state index in [1.807, 2.05) is 12.3 Å². The molecule has 10 aromatic rings. The third kappa shape index (κ3) is 9.57. The molecule has 9 aromatic carbocycles. The topological polar surface area (TPSA) is 31.8 Å². The summed E-state index contributed by atoms with van der Waals surface area (Å²) in [5.74, 6) is 2.06. The minimum Gasteiger partial charge on any atom is -0.509 e. The van der Waals surface area contributed by atoms with Gasteiger partial charge in [-0.05, 0) is 96.1 Å². The third-order valence-corrected chi connectivity index (χ3v) is 21.9. The predicted molar refractivity (Wildman–Crippen MR) is 346 cm³/mol. The van der Waals surface area contributed by atoms with Crippen LogP contribution < -0.4 is 40.2 Å². The van der Waals surface area contributed by atoms with Crippen LogP contribution in [0.2, 0.25) is 0 Å². The zero-order valence-corrected chi connectivity index (χ0v) is 53.0. The van der Waals surface area contributed by atoms with E-state index in [-0.39, 0.29) is 42.7 Å². The molecule has 0 N–H and O–H groups in total. The van der Waals surface area contributed by atoms with Crippen LogP contribution in [0.5, 0.6) is 11.5 Å². The van der Waals surface area contributed by atoms with Crippen LogP contribution in [-0.2, 0) is 42.7 Å². The number of ether oxygens (including phenoxy) is 1. The van der Waals surface area contributed by atoms with Crippen LogP contribution in [0.25, 0.3) is 33.4 Å². The Balaban J connectivity index is 0.00000680. The average Bonchev–Trinajstić information content (AvgIpc) is 2.67. The van der Waals surface area contributed by atoms with Crippen molar-refractivity contribution < 1.29 is 25.8 Å². The fraction of sp³-hybridized carbons (Fsp3) is 0.211. The standard InChI is InChI=1S/C76H71N4OSi.Pt/c1-73(2,3)52-26-22-25-50(41-52)60-32-24-33-61(51-42-54(75(7,8)9)44-55(43-51)76(10,11)12)71(60)79-49-78(64-34-17-18-35-65(64)79)56-27-23-28-57(46-56)81-58-47-63-62-31-16-20-37-68(62)82(59-29-14-13-15-30-59)69-38-21-19-36-66(69)80(67(48-58)72(63)82)70-45-53(39-40-77-70)74(4,5)6;/h13-45,47,49H,1-12H3;/q-3;. The molecule has 5 nitrogen and oxygen atoms in total. The first kappa shape index (κ1) is 55.8. The average molecular weight is 1280 g/mol. The van der Waals surface area contributed by atoms with Gasteiger partial charge in [-0.2, -0.15) is 6.07 Å². The molecule has 0 saturated carbocycles. The summed E-state index contributed by atoms with van der Waals surface area (Å²) in [5, 5.41) is 5.35. The predicted octanol–water partition coefficient (Wildman–Crippen LogP) is 17.5. The number of rotatable bonds is 8. The van der Waals surface area contributed by atoms with Crippen LogP contribution in [0.15, 0.2) is 206 Å². The van der Waals surface area contributed by atoms with Crippen molar-refractivity contribution in [1.82, 2.24) is 4.98 Å². The fourth-order valence-electron chi connectivity index (χ4n) is 12.6. The molecule has 4 heterocycles. The first-order valence-corrected chi connectivity index (χ1v) is 30.9. The Kier molecular flexibility index (Phi) is 13.8. The van der Waals surface area contributed by atoms with Crippen molar-refractivity contribution >= 4 is 68.8 Å². The maximum absolute atomic E-state index is 7.18. The van der Waals surface area contributed by atoms with Crippen LogP contribution in [0.4, 0.5) is 39.9 Å². The van der Waals surface area contributed by atoms with Gasteiger partial charge in [0.15, 0.2) is 0 Å². The fourth-order valence-corrected chi connectivity index (χ4v) is 18.1. The van der Waals surface area contributed by atoms with Crippen LogP contribution in [0.3, 0.4) is 0 Å². The maximum Gasteiger partial charge on any atom is 0.135 e. The zero-order valence-electron chi connectivity index (χ0n) is 49.7. The number of aromatic nitrogens is 1. The molecule has 0 fully saturated rings. The van der Waals surface area contributed by atoms with E-state index < -0.39 is 8.07 Å². The largest absolute Gasteiger partial charge is 0.509 e. The van der Waals surface area contributed by atoms with Gasteiger partial charge in [-0.25, -0.2) is 4.98 Å². The van der Waals surface area contributed by atoms with Gasteiger partial charge in [-0.15, -0.1) is 53.4 Å². The normalized spacial score (nSPS) is 15.3. The molecule has 13 rings (SSSR count). The minimum atomic E-state index is -2.90. The summed E-state index contributed by atoms with van der Waals surface area (Å²) in [6.45, 7) is 29.8. The van der Waals surface area contributed by atoms with Gasteiger partial charge in [0.05, 0.1) is 0 Å². The molecule has 0 radical (unpaired) electrons. The minimum absolute atomic E-state index is 0. The molecule has 0 aliphatic carbocycles. The molecule has 3 aliphatic heterocycles. The summed E-state index contributed by atoms with van der Waals surface area (Å²) in [6, 6.07) is 81.7. The second-order valence-corrected chi connectivity index (χ2v) is 30.3. The summed E-state index contributed by atoms with van der Waals surface area (Å²) in [4.78, 5) is 12.2. The molecule has 418 valence electrons. The van der Waals surface area contributed by atoms with Crippen LogP contribution >= 0.6 is 0 Å². The molecular weight excluding hydrogens is 1210 g/mol. The summed E-state index contributed by atoms with van der Waals surface area (Å²) < 4.78 is 7.18. The van der Waals surface area contributed by atoms with E-state index in [0.717, 1.165) is 45.5 Å². The van der Waals surface area contributed by atoms with Crippen molar-refractivity contribution in [2.24, 2.45) is 0 Å². The monoisotopic (exact) mass is 1280 g/mol. The molecule has 83 heavy (non-hydrogen) atoms. The van der Waals surface area contributed by atoms with E-state index in [0.29, 0.717) is 11.5 Å².